The zero-order chi connectivity index (χ0) is 23.7. The number of carbonyl (C=O) groups excluding carboxylic acids is 2. The van der Waals surface area contributed by atoms with E-state index < -0.39 is 0 Å². The monoisotopic (exact) mass is 463 g/mol. The van der Waals surface area contributed by atoms with Crippen LogP contribution in [-0.4, -0.2) is 62.8 Å². The van der Waals surface area contributed by atoms with E-state index in [-0.39, 0.29) is 36.8 Å². The predicted octanol–water partition coefficient (Wildman–Crippen LogP) is 2.52. The maximum Gasteiger partial charge on any atom is 0.276 e. The van der Waals surface area contributed by atoms with Crippen LogP contribution in [0.15, 0.2) is 48.5 Å². The number of carbonyl (C=O) groups is 2. The van der Waals surface area contributed by atoms with Gasteiger partial charge in [0.05, 0.1) is 25.3 Å². The van der Waals surface area contributed by atoms with Gasteiger partial charge in [0, 0.05) is 26.2 Å². The number of hydrogen-bond acceptors (Lipinski definition) is 5. The molecule has 2 aliphatic heterocycles. The molecule has 2 amide bonds. The van der Waals surface area contributed by atoms with Gasteiger partial charge >= 0.3 is 0 Å². The summed E-state index contributed by atoms with van der Waals surface area (Å²) < 4.78 is 21.2. The van der Waals surface area contributed by atoms with Crippen LogP contribution in [0.25, 0.3) is 0 Å². The van der Waals surface area contributed by atoms with Gasteiger partial charge in [-0.15, -0.1) is 5.10 Å². The predicted molar refractivity (Wildman–Crippen MR) is 121 cm³/mol. The van der Waals surface area contributed by atoms with Crippen molar-refractivity contribution in [3.05, 3.63) is 82.4 Å². The molecule has 2 aromatic carbocycles. The van der Waals surface area contributed by atoms with Gasteiger partial charge in [0.2, 0.25) is 5.91 Å². The number of nitrogens with zero attached hydrogens (tertiary/aromatic N) is 5. The van der Waals surface area contributed by atoms with Gasteiger partial charge < -0.3 is 14.5 Å². The second-order valence-electron chi connectivity index (χ2n) is 8.76. The number of hydrogen-bond donors (Lipinski definition) is 0. The van der Waals surface area contributed by atoms with E-state index in [9.17, 15) is 14.0 Å². The Bertz CT molecular complexity index is 1200. The van der Waals surface area contributed by atoms with E-state index in [0.717, 1.165) is 5.56 Å². The molecular formula is C25H26FN5O3. The van der Waals surface area contributed by atoms with Gasteiger partial charge in [-0.05, 0) is 30.2 Å². The topological polar surface area (TPSA) is 80.6 Å². The van der Waals surface area contributed by atoms with E-state index >= 15 is 0 Å². The molecule has 0 unspecified atom stereocenters. The molecule has 0 N–H and O–H groups in total. The van der Waals surface area contributed by atoms with Crippen molar-refractivity contribution < 1.29 is 18.7 Å². The molecule has 34 heavy (non-hydrogen) atoms. The fourth-order valence-electron chi connectivity index (χ4n) is 4.40. The van der Waals surface area contributed by atoms with Gasteiger partial charge in [-0.25, -0.2) is 9.07 Å². The number of benzene rings is 2. The highest BCUT2D eigenvalue weighted by atomic mass is 19.1. The van der Waals surface area contributed by atoms with Gasteiger partial charge in [0.1, 0.15) is 11.9 Å². The molecule has 3 aromatic rings. The number of piperazine rings is 1. The number of fused-ring (bicyclic) bond motifs is 1. The van der Waals surface area contributed by atoms with E-state index in [0.29, 0.717) is 49.7 Å². The molecule has 1 atom stereocenters. The zero-order valence-electron chi connectivity index (χ0n) is 19.0. The average molecular weight is 464 g/mol. The lowest BCUT2D eigenvalue weighted by Crippen LogP contribution is -2.51. The number of ether oxygens (including phenoxy) is 1. The summed E-state index contributed by atoms with van der Waals surface area (Å²) in [5.74, 6) is -0.628. The highest BCUT2D eigenvalue weighted by Gasteiger charge is 2.32. The third-order valence-electron chi connectivity index (χ3n) is 6.41. The highest BCUT2D eigenvalue weighted by molar-refractivity contribution is 5.93. The molecule has 0 bridgehead atoms. The molecule has 1 fully saturated rings. The Morgan fingerprint density at radius 1 is 1.06 bits per heavy atom. The molecule has 0 radical (unpaired) electrons. The molecule has 1 saturated heterocycles. The van der Waals surface area contributed by atoms with Crippen molar-refractivity contribution in [2.75, 3.05) is 26.2 Å². The third kappa shape index (κ3) is 4.56. The first-order valence-corrected chi connectivity index (χ1v) is 11.4. The van der Waals surface area contributed by atoms with Crippen molar-refractivity contribution in [2.45, 2.75) is 32.6 Å². The summed E-state index contributed by atoms with van der Waals surface area (Å²) in [5.41, 5.74) is 3.88. The number of rotatable bonds is 4. The molecule has 0 spiro atoms. The molecule has 2 aliphatic rings. The van der Waals surface area contributed by atoms with Crippen LogP contribution in [0.5, 0.6) is 0 Å². The van der Waals surface area contributed by atoms with Crippen molar-refractivity contribution in [1.29, 1.82) is 0 Å². The van der Waals surface area contributed by atoms with Crippen LogP contribution in [0.3, 0.4) is 0 Å². The largest absolute Gasteiger partial charge is 0.365 e. The first-order chi connectivity index (χ1) is 16.5. The molecule has 1 aromatic heterocycles. The standard InChI is InChI=1S/C25H26FN5O3/c1-17-5-7-19(8-6-17)22-15-31-21(16-34-22)24(27-28-31)25(33)30-11-9-29(10-12-30)23(32)14-18-3-2-4-20(26)13-18/h2-8,13,22H,9-12,14-16H2,1H3/t22-/m0/s1. The SMILES string of the molecule is Cc1ccc([C@@H]2Cn3nnc(C(=O)N4CCN(C(=O)Cc5cccc(F)c5)CC4)c3CO2)cc1. The average Bonchev–Trinajstić information content (AvgIpc) is 3.27. The quantitative estimate of drug-likeness (QED) is 0.594. The van der Waals surface area contributed by atoms with Gasteiger partial charge in [0.15, 0.2) is 5.69 Å². The minimum absolute atomic E-state index is 0.0747. The number of aryl methyl sites for hydroxylation is 1. The summed E-state index contributed by atoms with van der Waals surface area (Å²) in [6, 6.07) is 14.3. The fraction of sp³-hybridized carbons (Fsp3) is 0.360. The van der Waals surface area contributed by atoms with Crippen molar-refractivity contribution in [3.8, 4) is 0 Å². The number of halogens is 1. The van der Waals surface area contributed by atoms with Gasteiger partial charge in [-0.3, -0.25) is 9.59 Å². The van der Waals surface area contributed by atoms with E-state index in [1.165, 1.54) is 17.7 Å². The molecule has 0 saturated carbocycles. The van der Waals surface area contributed by atoms with E-state index in [2.05, 4.69) is 10.3 Å². The second-order valence-corrected chi connectivity index (χ2v) is 8.76. The van der Waals surface area contributed by atoms with Crippen molar-refractivity contribution in [3.63, 3.8) is 0 Å². The molecule has 0 aliphatic carbocycles. The highest BCUT2D eigenvalue weighted by Crippen LogP contribution is 2.27. The molecule has 3 heterocycles. The lowest BCUT2D eigenvalue weighted by atomic mass is 10.1. The van der Waals surface area contributed by atoms with Crippen LogP contribution < -0.4 is 0 Å². The maximum atomic E-state index is 13.4. The molecule has 176 valence electrons. The summed E-state index contributed by atoms with van der Waals surface area (Å²) in [7, 11) is 0. The molecule has 5 rings (SSSR count). The van der Waals surface area contributed by atoms with Crippen LogP contribution >= 0.6 is 0 Å². The summed E-state index contributed by atoms with van der Waals surface area (Å²) in [5, 5.41) is 8.37. The van der Waals surface area contributed by atoms with E-state index in [4.69, 9.17) is 4.74 Å². The normalized spacial score (nSPS) is 18.0. The minimum atomic E-state index is -0.355. The number of amides is 2. The molecule has 8 nitrogen and oxygen atoms in total. The maximum absolute atomic E-state index is 13.4. The molecular weight excluding hydrogens is 437 g/mol. The van der Waals surface area contributed by atoms with Crippen molar-refractivity contribution in [2.24, 2.45) is 0 Å². The Kier molecular flexibility index (Phi) is 6.10. The Hall–Kier alpha value is -3.59. The van der Waals surface area contributed by atoms with Crippen molar-refractivity contribution in [1.82, 2.24) is 24.8 Å². The Morgan fingerprint density at radius 2 is 1.79 bits per heavy atom. The van der Waals surface area contributed by atoms with Crippen LogP contribution in [0.4, 0.5) is 4.39 Å². The number of aromatic nitrogens is 3. The summed E-state index contributed by atoms with van der Waals surface area (Å²) in [6.07, 6.45) is 0.00864. The van der Waals surface area contributed by atoms with E-state index in [1.807, 2.05) is 31.2 Å². The first kappa shape index (κ1) is 22.2. The Morgan fingerprint density at radius 3 is 2.53 bits per heavy atom. The van der Waals surface area contributed by atoms with Crippen LogP contribution in [0.1, 0.15) is 39.0 Å². The van der Waals surface area contributed by atoms with Gasteiger partial charge in [-0.2, -0.15) is 0 Å². The van der Waals surface area contributed by atoms with E-state index in [1.54, 1.807) is 26.6 Å². The van der Waals surface area contributed by atoms with Gasteiger partial charge in [0.25, 0.3) is 5.91 Å². The lowest BCUT2D eigenvalue weighted by molar-refractivity contribution is -0.131. The Labute approximate surface area is 196 Å². The third-order valence-corrected chi connectivity index (χ3v) is 6.41. The Balaban J connectivity index is 1.19. The van der Waals surface area contributed by atoms with Gasteiger partial charge in [-0.1, -0.05) is 47.2 Å². The van der Waals surface area contributed by atoms with Crippen LogP contribution in [0.2, 0.25) is 0 Å². The first-order valence-electron chi connectivity index (χ1n) is 11.4. The smallest absolute Gasteiger partial charge is 0.276 e. The molecule has 9 heteroatoms. The van der Waals surface area contributed by atoms with Crippen LogP contribution in [0, 0.1) is 12.7 Å². The lowest BCUT2D eigenvalue weighted by Gasteiger charge is -2.34. The summed E-state index contributed by atoms with van der Waals surface area (Å²) in [6.45, 7) is 4.48. The minimum Gasteiger partial charge on any atom is -0.365 e. The zero-order valence-corrected chi connectivity index (χ0v) is 19.0. The fourth-order valence-corrected chi connectivity index (χ4v) is 4.40. The summed E-state index contributed by atoms with van der Waals surface area (Å²) >= 11 is 0. The second kappa shape index (κ2) is 9.34. The summed E-state index contributed by atoms with van der Waals surface area (Å²) in [4.78, 5) is 29.1. The van der Waals surface area contributed by atoms with Crippen LogP contribution in [-0.2, 0) is 29.1 Å². The van der Waals surface area contributed by atoms with Crippen molar-refractivity contribution >= 4 is 11.8 Å².